The minimum atomic E-state index is 0.522. The van der Waals surface area contributed by atoms with Gasteiger partial charge in [-0.1, -0.05) is 55.1 Å². The van der Waals surface area contributed by atoms with Crippen LogP contribution in [0.2, 0.25) is 0 Å². The maximum atomic E-state index is 5.71. The number of hydrogen-bond acceptors (Lipinski definition) is 2. The van der Waals surface area contributed by atoms with E-state index in [1.807, 2.05) is 37.3 Å². The van der Waals surface area contributed by atoms with Crippen LogP contribution < -0.4 is 9.47 Å². The van der Waals surface area contributed by atoms with E-state index < -0.39 is 0 Å². The molecule has 2 nitrogen and oxygen atoms in total. The van der Waals surface area contributed by atoms with Crippen molar-refractivity contribution in [1.82, 2.24) is 0 Å². The van der Waals surface area contributed by atoms with Gasteiger partial charge in [-0.25, -0.2) is 0 Å². The van der Waals surface area contributed by atoms with E-state index in [2.05, 4.69) is 49.0 Å². The Bertz CT molecular complexity index is 876. The number of allylic oxidation sites excluding steroid dienone is 1. The molecule has 3 rings (SSSR count). The topological polar surface area (TPSA) is 18.5 Å². The van der Waals surface area contributed by atoms with Gasteiger partial charge in [-0.15, -0.1) is 0 Å². The van der Waals surface area contributed by atoms with Gasteiger partial charge < -0.3 is 9.47 Å². The second-order valence-corrected chi connectivity index (χ2v) is 5.73. The largest absolute Gasteiger partial charge is 0.490 e. The summed E-state index contributed by atoms with van der Waals surface area (Å²) in [5, 5.41) is 2.37. The number of hydrogen-bond donors (Lipinski definition) is 0. The summed E-state index contributed by atoms with van der Waals surface area (Å²) in [6.07, 6.45) is 5.73. The van der Waals surface area contributed by atoms with Gasteiger partial charge in [-0.05, 0) is 59.2 Å². The molecule has 0 N–H and O–H groups in total. The van der Waals surface area contributed by atoms with E-state index in [1.54, 1.807) is 6.08 Å². The van der Waals surface area contributed by atoms with E-state index in [-0.39, 0.29) is 0 Å². The first-order valence-corrected chi connectivity index (χ1v) is 8.42. The molecular weight excluding hydrogens is 308 g/mol. The zero-order chi connectivity index (χ0) is 17.5. The smallest absolute Gasteiger partial charge is 0.120 e. The predicted molar refractivity (Wildman–Crippen MR) is 105 cm³/mol. The fourth-order valence-electron chi connectivity index (χ4n) is 2.63. The molecule has 0 saturated carbocycles. The Kier molecular flexibility index (Phi) is 5.53. The Labute approximate surface area is 149 Å². The van der Waals surface area contributed by atoms with Gasteiger partial charge in [0.2, 0.25) is 0 Å². The van der Waals surface area contributed by atoms with Crippen LogP contribution >= 0.6 is 0 Å². The summed E-state index contributed by atoms with van der Waals surface area (Å²) >= 11 is 0. The third-order valence-electron chi connectivity index (χ3n) is 3.95. The SMILES string of the molecule is C=CCOc1ccc(-c2ccc3cc(OCC=CC)ccc3c2)cc1. The summed E-state index contributed by atoms with van der Waals surface area (Å²) in [5.74, 6) is 1.74. The van der Waals surface area contributed by atoms with Crippen LogP contribution in [0.25, 0.3) is 21.9 Å². The van der Waals surface area contributed by atoms with Gasteiger partial charge in [0.15, 0.2) is 0 Å². The van der Waals surface area contributed by atoms with Crippen molar-refractivity contribution in [3.63, 3.8) is 0 Å². The van der Waals surface area contributed by atoms with Crippen LogP contribution in [0.15, 0.2) is 85.5 Å². The first kappa shape index (κ1) is 16.8. The van der Waals surface area contributed by atoms with E-state index in [0.29, 0.717) is 13.2 Å². The van der Waals surface area contributed by atoms with Crippen molar-refractivity contribution in [3.05, 3.63) is 85.5 Å². The van der Waals surface area contributed by atoms with Gasteiger partial charge in [-0.2, -0.15) is 0 Å². The summed E-state index contributed by atoms with van der Waals surface area (Å²) in [5.41, 5.74) is 2.35. The van der Waals surface area contributed by atoms with Crippen LogP contribution in [0, 0.1) is 0 Å². The molecule has 3 aromatic rings. The van der Waals surface area contributed by atoms with Crippen LogP contribution in [0.3, 0.4) is 0 Å². The average Bonchev–Trinajstić information content (AvgIpc) is 2.66. The lowest BCUT2D eigenvalue weighted by molar-refractivity contribution is 0.363. The molecule has 0 aliphatic heterocycles. The maximum absolute atomic E-state index is 5.71. The fourth-order valence-corrected chi connectivity index (χ4v) is 2.63. The fraction of sp³-hybridized carbons (Fsp3) is 0.130. The van der Waals surface area contributed by atoms with Gasteiger partial charge >= 0.3 is 0 Å². The maximum Gasteiger partial charge on any atom is 0.120 e. The highest BCUT2D eigenvalue weighted by molar-refractivity contribution is 5.88. The summed E-state index contributed by atoms with van der Waals surface area (Å²) in [6.45, 7) is 6.77. The van der Waals surface area contributed by atoms with Gasteiger partial charge in [0.1, 0.15) is 24.7 Å². The minimum Gasteiger partial charge on any atom is -0.490 e. The number of rotatable bonds is 7. The average molecular weight is 330 g/mol. The molecule has 2 heteroatoms. The Balaban J connectivity index is 1.80. The monoisotopic (exact) mass is 330 g/mol. The van der Waals surface area contributed by atoms with Crippen molar-refractivity contribution < 1.29 is 9.47 Å². The lowest BCUT2D eigenvalue weighted by Crippen LogP contribution is -1.93. The molecule has 0 fully saturated rings. The summed E-state index contributed by atoms with van der Waals surface area (Å²) < 4.78 is 11.2. The summed E-state index contributed by atoms with van der Waals surface area (Å²) in [7, 11) is 0. The second kappa shape index (κ2) is 8.20. The standard InChI is InChI=1S/C23H22O2/c1-3-5-15-25-23-13-10-20-16-19(6-7-21(20)17-23)18-8-11-22(12-9-18)24-14-4-2/h3-13,16-17H,2,14-15H2,1H3. The molecular formula is C23H22O2. The first-order chi connectivity index (χ1) is 12.3. The molecule has 0 saturated heterocycles. The Hall–Kier alpha value is -3.00. The molecule has 0 spiro atoms. The summed E-state index contributed by atoms with van der Waals surface area (Å²) in [6, 6.07) is 20.8. The van der Waals surface area contributed by atoms with E-state index in [4.69, 9.17) is 9.47 Å². The second-order valence-electron chi connectivity index (χ2n) is 5.73. The number of benzene rings is 3. The lowest BCUT2D eigenvalue weighted by atomic mass is 10.0. The van der Waals surface area contributed by atoms with Crippen LogP contribution in [0.1, 0.15) is 6.92 Å². The van der Waals surface area contributed by atoms with Gasteiger partial charge in [0.25, 0.3) is 0 Å². The molecule has 0 aromatic heterocycles. The molecule has 0 unspecified atom stereocenters. The Morgan fingerprint density at radius 1 is 0.760 bits per heavy atom. The van der Waals surface area contributed by atoms with Crippen LogP contribution in [-0.2, 0) is 0 Å². The molecule has 25 heavy (non-hydrogen) atoms. The highest BCUT2D eigenvalue weighted by Crippen LogP contribution is 2.28. The van der Waals surface area contributed by atoms with Gasteiger partial charge in [0, 0.05) is 0 Å². The third kappa shape index (κ3) is 4.30. The molecule has 0 aliphatic rings. The van der Waals surface area contributed by atoms with Crippen LogP contribution in [0.5, 0.6) is 11.5 Å². The zero-order valence-corrected chi connectivity index (χ0v) is 14.4. The molecule has 0 radical (unpaired) electrons. The quantitative estimate of drug-likeness (QED) is 0.493. The van der Waals surface area contributed by atoms with E-state index in [9.17, 15) is 0 Å². The van der Waals surface area contributed by atoms with E-state index in [0.717, 1.165) is 11.5 Å². The predicted octanol–water partition coefficient (Wildman–Crippen LogP) is 6.03. The van der Waals surface area contributed by atoms with Gasteiger partial charge in [0.05, 0.1) is 0 Å². The van der Waals surface area contributed by atoms with Crippen molar-refractivity contribution in [2.75, 3.05) is 13.2 Å². The molecule has 0 heterocycles. The number of ether oxygens (including phenoxy) is 2. The molecule has 0 atom stereocenters. The zero-order valence-electron chi connectivity index (χ0n) is 14.4. The lowest BCUT2D eigenvalue weighted by Gasteiger charge is -2.08. The van der Waals surface area contributed by atoms with Crippen molar-refractivity contribution in [2.24, 2.45) is 0 Å². The normalized spacial score (nSPS) is 10.9. The minimum absolute atomic E-state index is 0.522. The van der Waals surface area contributed by atoms with E-state index in [1.165, 1.54) is 21.9 Å². The first-order valence-electron chi connectivity index (χ1n) is 8.42. The Morgan fingerprint density at radius 3 is 2.16 bits per heavy atom. The Morgan fingerprint density at radius 2 is 1.40 bits per heavy atom. The van der Waals surface area contributed by atoms with Crippen molar-refractivity contribution >= 4 is 10.8 Å². The van der Waals surface area contributed by atoms with Crippen molar-refractivity contribution in [2.45, 2.75) is 6.92 Å². The molecule has 0 amide bonds. The highest BCUT2D eigenvalue weighted by Gasteiger charge is 2.02. The number of fused-ring (bicyclic) bond motifs is 1. The van der Waals surface area contributed by atoms with Crippen molar-refractivity contribution in [3.8, 4) is 22.6 Å². The molecule has 0 aliphatic carbocycles. The highest BCUT2D eigenvalue weighted by atomic mass is 16.5. The van der Waals surface area contributed by atoms with Gasteiger partial charge in [-0.3, -0.25) is 0 Å². The van der Waals surface area contributed by atoms with E-state index >= 15 is 0 Å². The summed E-state index contributed by atoms with van der Waals surface area (Å²) in [4.78, 5) is 0. The van der Waals surface area contributed by atoms with Crippen molar-refractivity contribution in [1.29, 1.82) is 0 Å². The third-order valence-corrected chi connectivity index (χ3v) is 3.95. The van der Waals surface area contributed by atoms with Crippen LogP contribution in [0.4, 0.5) is 0 Å². The molecule has 3 aromatic carbocycles. The molecule has 0 bridgehead atoms. The molecule has 126 valence electrons. The van der Waals surface area contributed by atoms with Crippen LogP contribution in [-0.4, -0.2) is 13.2 Å².